The second-order valence-corrected chi connectivity index (χ2v) is 6.59. The lowest BCUT2D eigenvalue weighted by Crippen LogP contribution is -2.29. The number of rotatable bonds is 10. The molecule has 0 aliphatic heterocycles. The maximum Gasteiger partial charge on any atom is 0.345 e. The van der Waals surface area contributed by atoms with Crippen molar-refractivity contribution in [2.75, 3.05) is 0 Å². The van der Waals surface area contributed by atoms with E-state index in [2.05, 4.69) is 11.8 Å². The van der Waals surface area contributed by atoms with Gasteiger partial charge in [0.15, 0.2) is 0 Å². The summed E-state index contributed by atoms with van der Waals surface area (Å²) in [7, 11) is 0. The van der Waals surface area contributed by atoms with Crippen molar-refractivity contribution in [1.29, 1.82) is 0 Å². The van der Waals surface area contributed by atoms with Crippen LogP contribution in [-0.4, -0.2) is 11.2 Å². The first-order chi connectivity index (χ1) is 8.93. The number of carbonyl (C=O) groups is 1. The maximum atomic E-state index is 11.5. The largest absolute Gasteiger partial charge is 0.345 e. The average Bonchev–Trinajstić information content (AvgIpc) is 2.34. The molecule has 0 amide bonds. The molecule has 0 aliphatic rings. The summed E-state index contributed by atoms with van der Waals surface area (Å²) in [5, 5.41) is 8.54. The molecule has 3 heteroatoms. The van der Waals surface area contributed by atoms with Gasteiger partial charge in [0.05, 0.1) is 5.92 Å². The van der Waals surface area contributed by atoms with Gasteiger partial charge < -0.3 is 4.89 Å². The van der Waals surface area contributed by atoms with Crippen molar-refractivity contribution >= 4 is 5.97 Å². The number of unbranched alkanes of at least 4 members (excludes halogenated alkanes) is 7. The molecular weight excluding hydrogens is 240 g/mol. The van der Waals surface area contributed by atoms with Crippen LogP contribution in [0.25, 0.3) is 0 Å². The monoisotopic (exact) mass is 272 g/mol. The minimum atomic E-state index is -0.490. The van der Waals surface area contributed by atoms with Gasteiger partial charge in [0.1, 0.15) is 0 Å². The molecule has 0 aromatic heterocycles. The van der Waals surface area contributed by atoms with E-state index in [1.54, 1.807) is 0 Å². The predicted molar refractivity (Wildman–Crippen MR) is 78.9 cm³/mol. The highest BCUT2D eigenvalue weighted by Crippen LogP contribution is 2.31. The lowest BCUT2D eigenvalue weighted by molar-refractivity contribution is -0.242. The van der Waals surface area contributed by atoms with Gasteiger partial charge in [-0.1, -0.05) is 79.1 Å². The molecule has 0 saturated carbocycles. The quantitative estimate of drug-likeness (QED) is 0.338. The van der Waals surface area contributed by atoms with E-state index in [0.717, 1.165) is 19.3 Å². The summed E-state index contributed by atoms with van der Waals surface area (Å²) in [6.07, 6.45) is 10.8. The van der Waals surface area contributed by atoms with Gasteiger partial charge in [-0.15, -0.1) is 0 Å². The van der Waals surface area contributed by atoms with Crippen molar-refractivity contribution in [3.05, 3.63) is 0 Å². The van der Waals surface area contributed by atoms with Crippen molar-refractivity contribution < 1.29 is 14.9 Å². The SMILES string of the molecule is CCCCCCCCCCC(C(=O)OO)C(C)(C)C. The fourth-order valence-corrected chi connectivity index (χ4v) is 2.45. The van der Waals surface area contributed by atoms with Gasteiger partial charge in [-0.3, -0.25) is 0 Å². The van der Waals surface area contributed by atoms with E-state index in [9.17, 15) is 4.79 Å². The topological polar surface area (TPSA) is 46.5 Å². The molecule has 3 nitrogen and oxygen atoms in total. The van der Waals surface area contributed by atoms with Crippen LogP contribution in [0.4, 0.5) is 0 Å². The van der Waals surface area contributed by atoms with E-state index in [0.29, 0.717) is 0 Å². The van der Waals surface area contributed by atoms with E-state index in [1.807, 2.05) is 20.8 Å². The molecule has 1 unspecified atom stereocenters. The van der Waals surface area contributed by atoms with Gasteiger partial charge >= 0.3 is 5.97 Å². The van der Waals surface area contributed by atoms with E-state index in [1.165, 1.54) is 38.5 Å². The summed E-state index contributed by atoms with van der Waals surface area (Å²) < 4.78 is 0. The molecule has 0 radical (unpaired) electrons. The first kappa shape index (κ1) is 18.4. The van der Waals surface area contributed by atoms with Gasteiger partial charge in [-0.2, -0.15) is 5.26 Å². The molecule has 0 rings (SSSR count). The molecular formula is C16H32O3. The predicted octanol–water partition coefficient (Wildman–Crippen LogP) is 5.20. The third kappa shape index (κ3) is 9.04. The van der Waals surface area contributed by atoms with Crippen LogP contribution in [0.5, 0.6) is 0 Å². The van der Waals surface area contributed by atoms with Crippen LogP contribution in [0.15, 0.2) is 0 Å². The Morgan fingerprint density at radius 1 is 1.00 bits per heavy atom. The Bertz CT molecular complexity index is 231. The molecule has 0 aromatic rings. The Balaban J connectivity index is 3.74. The molecule has 114 valence electrons. The fourth-order valence-electron chi connectivity index (χ4n) is 2.45. The summed E-state index contributed by atoms with van der Waals surface area (Å²) >= 11 is 0. The third-order valence-corrected chi connectivity index (χ3v) is 3.77. The highest BCUT2D eigenvalue weighted by molar-refractivity contribution is 5.72. The van der Waals surface area contributed by atoms with E-state index in [-0.39, 0.29) is 11.3 Å². The fraction of sp³-hybridized carbons (Fsp3) is 0.938. The molecule has 0 aliphatic carbocycles. The molecule has 0 saturated heterocycles. The summed E-state index contributed by atoms with van der Waals surface area (Å²) in [6, 6.07) is 0. The van der Waals surface area contributed by atoms with E-state index in [4.69, 9.17) is 5.26 Å². The normalized spacial score (nSPS) is 13.3. The molecule has 0 aromatic carbocycles. The molecule has 19 heavy (non-hydrogen) atoms. The zero-order valence-electron chi connectivity index (χ0n) is 13.2. The van der Waals surface area contributed by atoms with Crippen LogP contribution in [0.1, 0.15) is 85.5 Å². The van der Waals surface area contributed by atoms with E-state index < -0.39 is 5.97 Å². The third-order valence-electron chi connectivity index (χ3n) is 3.77. The molecule has 0 bridgehead atoms. The summed E-state index contributed by atoms with van der Waals surface area (Å²) in [6.45, 7) is 8.27. The van der Waals surface area contributed by atoms with Crippen molar-refractivity contribution in [2.45, 2.75) is 85.5 Å². The summed E-state index contributed by atoms with van der Waals surface area (Å²) in [5.41, 5.74) is -0.152. The standard InChI is InChI=1S/C16H32O3/c1-5-6-7-8-9-10-11-12-13-14(15(17)19-18)16(2,3)4/h14,18H,5-13H2,1-4H3. The Morgan fingerprint density at radius 3 is 1.89 bits per heavy atom. The molecule has 0 heterocycles. The highest BCUT2D eigenvalue weighted by atomic mass is 17.1. The number of hydrogen-bond donors (Lipinski definition) is 1. The zero-order chi connectivity index (χ0) is 14.7. The molecule has 0 spiro atoms. The van der Waals surface area contributed by atoms with Crippen molar-refractivity contribution in [3.8, 4) is 0 Å². The van der Waals surface area contributed by atoms with Crippen LogP contribution >= 0.6 is 0 Å². The molecule has 0 fully saturated rings. The van der Waals surface area contributed by atoms with Crippen LogP contribution < -0.4 is 0 Å². The number of hydrogen-bond acceptors (Lipinski definition) is 3. The second-order valence-electron chi connectivity index (χ2n) is 6.59. The van der Waals surface area contributed by atoms with Gasteiger partial charge in [0.2, 0.25) is 0 Å². The molecule has 1 atom stereocenters. The first-order valence-electron chi connectivity index (χ1n) is 7.78. The lowest BCUT2D eigenvalue weighted by atomic mass is 9.78. The number of carbonyl (C=O) groups excluding carboxylic acids is 1. The lowest BCUT2D eigenvalue weighted by Gasteiger charge is -2.27. The van der Waals surface area contributed by atoms with Crippen molar-refractivity contribution in [2.24, 2.45) is 11.3 Å². The first-order valence-corrected chi connectivity index (χ1v) is 7.78. The van der Waals surface area contributed by atoms with Gasteiger partial charge in [-0.05, 0) is 11.8 Å². The Labute approximate surface area is 118 Å². The Hall–Kier alpha value is -0.570. The Kier molecular flexibility index (Phi) is 9.94. The van der Waals surface area contributed by atoms with Crippen LogP contribution in [0, 0.1) is 11.3 Å². The smallest absolute Gasteiger partial charge is 0.301 e. The van der Waals surface area contributed by atoms with Gasteiger partial charge in [-0.25, -0.2) is 4.79 Å². The highest BCUT2D eigenvalue weighted by Gasteiger charge is 2.32. The van der Waals surface area contributed by atoms with Crippen LogP contribution in [-0.2, 0) is 9.68 Å². The van der Waals surface area contributed by atoms with E-state index >= 15 is 0 Å². The zero-order valence-corrected chi connectivity index (χ0v) is 13.2. The van der Waals surface area contributed by atoms with Crippen LogP contribution in [0.3, 0.4) is 0 Å². The van der Waals surface area contributed by atoms with Crippen LogP contribution in [0.2, 0.25) is 0 Å². The van der Waals surface area contributed by atoms with Gasteiger partial charge in [0, 0.05) is 0 Å². The van der Waals surface area contributed by atoms with Crippen molar-refractivity contribution in [1.82, 2.24) is 0 Å². The minimum absolute atomic E-state index is 0.152. The minimum Gasteiger partial charge on any atom is -0.301 e. The average molecular weight is 272 g/mol. The second kappa shape index (κ2) is 10.2. The Morgan fingerprint density at radius 2 is 1.47 bits per heavy atom. The molecule has 1 N–H and O–H groups in total. The summed E-state index contributed by atoms with van der Waals surface area (Å²) in [4.78, 5) is 15.4. The van der Waals surface area contributed by atoms with Gasteiger partial charge in [0.25, 0.3) is 0 Å². The maximum absolute atomic E-state index is 11.5. The summed E-state index contributed by atoms with van der Waals surface area (Å²) in [5.74, 6) is -0.701. The van der Waals surface area contributed by atoms with Crippen molar-refractivity contribution in [3.63, 3.8) is 0 Å².